The summed E-state index contributed by atoms with van der Waals surface area (Å²) >= 11 is 0. The van der Waals surface area contributed by atoms with Gasteiger partial charge in [0.1, 0.15) is 11.5 Å². The minimum atomic E-state index is -0.772. The van der Waals surface area contributed by atoms with Crippen LogP contribution < -0.4 is 9.47 Å². The molecule has 1 atom stereocenters. The van der Waals surface area contributed by atoms with E-state index in [9.17, 15) is 9.59 Å². The number of amides is 1. The van der Waals surface area contributed by atoms with Crippen LogP contribution in [0.3, 0.4) is 0 Å². The van der Waals surface area contributed by atoms with Gasteiger partial charge in [-0.2, -0.15) is 0 Å². The summed E-state index contributed by atoms with van der Waals surface area (Å²) in [6.07, 6.45) is 3.08. The number of carboxylic acids is 1. The van der Waals surface area contributed by atoms with Crippen LogP contribution in [0.2, 0.25) is 0 Å². The molecule has 0 aliphatic carbocycles. The van der Waals surface area contributed by atoms with Crippen molar-refractivity contribution in [3.8, 4) is 11.5 Å². The van der Waals surface area contributed by atoms with Crippen molar-refractivity contribution in [3.63, 3.8) is 0 Å². The zero-order chi connectivity index (χ0) is 17.4. The van der Waals surface area contributed by atoms with Gasteiger partial charge in [0.15, 0.2) is 0 Å². The highest BCUT2D eigenvalue weighted by molar-refractivity contribution is 5.76. The number of ether oxygens (including phenoxy) is 2. The number of hydrogen-bond acceptors (Lipinski definition) is 4. The molecule has 1 amide bonds. The lowest BCUT2D eigenvalue weighted by atomic mass is 9.93. The molecule has 1 N–H and O–H groups in total. The number of hydrogen-bond donors (Lipinski definition) is 1. The maximum Gasteiger partial charge on any atom is 0.303 e. The van der Waals surface area contributed by atoms with E-state index in [1.807, 2.05) is 29.2 Å². The normalized spacial score (nSPS) is 17.4. The number of carbonyl (C=O) groups excluding carboxylic acids is 1. The first-order valence-electron chi connectivity index (χ1n) is 8.35. The maximum absolute atomic E-state index is 12.3. The van der Waals surface area contributed by atoms with Crippen LogP contribution in [0.25, 0.3) is 0 Å². The van der Waals surface area contributed by atoms with E-state index in [0.29, 0.717) is 37.7 Å². The summed E-state index contributed by atoms with van der Waals surface area (Å²) < 4.78 is 10.7. The van der Waals surface area contributed by atoms with E-state index in [0.717, 1.165) is 25.1 Å². The predicted octanol–water partition coefficient (Wildman–Crippen LogP) is 2.57. The Morgan fingerprint density at radius 2 is 1.92 bits per heavy atom. The van der Waals surface area contributed by atoms with E-state index in [4.69, 9.17) is 14.6 Å². The van der Waals surface area contributed by atoms with Gasteiger partial charge >= 0.3 is 5.97 Å². The molecule has 1 aliphatic heterocycles. The molecule has 132 valence electrons. The Labute approximate surface area is 142 Å². The summed E-state index contributed by atoms with van der Waals surface area (Å²) in [5.41, 5.74) is 0. The Bertz CT molecular complexity index is 543. The molecule has 24 heavy (non-hydrogen) atoms. The summed E-state index contributed by atoms with van der Waals surface area (Å²) in [7, 11) is 1.61. The second-order valence-corrected chi connectivity index (χ2v) is 6.05. The molecule has 0 spiro atoms. The molecule has 6 nitrogen and oxygen atoms in total. The minimum absolute atomic E-state index is 0.0727. The van der Waals surface area contributed by atoms with Gasteiger partial charge in [0.25, 0.3) is 0 Å². The predicted molar refractivity (Wildman–Crippen MR) is 89.3 cm³/mol. The third-order valence-corrected chi connectivity index (χ3v) is 4.28. The smallest absolute Gasteiger partial charge is 0.303 e. The Balaban J connectivity index is 1.72. The molecule has 1 heterocycles. The van der Waals surface area contributed by atoms with Crippen molar-refractivity contribution in [2.45, 2.75) is 32.1 Å². The van der Waals surface area contributed by atoms with Crippen LogP contribution in [0.5, 0.6) is 11.5 Å². The topological polar surface area (TPSA) is 76.1 Å². The van der Waals surface area contributed by atoms with Gasteiger partial charge in [-0.15, -0.1) is 0 Å². The van der Waals surface area contributed by atoms with Crippen molar-refractivity contribution in [2.75, 3.05) is 26.8 Å². The highest BCUT2D eigenvalue weighted by atomic mass is 16.5. The van der Waals surface area contributed by atoms with Crippen molar-refractivity contribution in [1.82, 2.24) is 4.90 Å². The van der Waals surface area contributed by atoms with Crippen molar-refractivity contribution >= 4 is 11.9 Å². The fourth-order valence-corrected chi connectivity index (χ4v) is 2.94. The lowest BCUT2D eigenvalue weighted by molar-refractivity contribution is -0.137. The quantitative estimate of drug-likeness (QED) is 0.790. The van der Waals surface area contributed by atoms with Crippen LogP contribution in [-0.4, -0.2) is 48.7 Å². The lowest BCUT2D eigenvalue weighted by Crippen LogP contribution is -2.40. The first kappa shape index (κ1) is 18.1. The number of likely N-dealkylation sites (tertiary alicyclic amines) is 1. The second-order valence-electron chi connectivity index (χ2n) is 6.05. The van der Waals surface area contributed by atoms with Gasteiger partial charge in [0.05, 0.1) is 20.1 Å². The number of carboxylic acid groups (broad SMARTS) is 1. The van der Waals surface area contributed by atoms with Gasteiger partial charge in [-0.05, 0) is 49.4 Å². The third-order valence-electron chi connectivity index (χ3n) is 4.28. The second kappa shape index (κ2) is 9.15. The molecule has 1 saturated heterocycles. The Morgan fingerprint density at radius 3 is 2.58 bits per heavy atom. The van der Waals surface area contributed by atoms with E-state index in [1.165, 1.54) is 0 Å². The van der Waals surface area contributed by atoms with E-state index in [2.05, 4.69) is 0 Å². The SMILES string of the molecule is COc1ccc(OCCC(=O)N2CCCC(CCC(=O)O)C2)cc1. The van der Waals surface area contributed by atoms with Crippen molar-refractivity contribution in [1.29, 1.82) is 0 Å². The van der Waals surface area contributed by atoms with Crippen LogP contribution in [0.1, 0.15) is 32.1 Å². The van der Waals surface area contributed by atoms with Crippen LogP contribution in [-0.2, 0) is 9.59 Å². The summed E-state index contributed by atoms with van der Waals surface area (Å²) in [6, 6.07) is 7.25. The van der Waals surface area contributed by atoms with Gasteiger partial charge in [-0.3, -0.25) is 9.59 Å². The number of carbonyl (C=O) groups is 2. The Hall–Kier alpha value is -2.24. The van der Waals surface area contributed by atoms with Gasteiger partial charge in [0.2, 0.25) is 5.91 Å². The van der Waals surface area contributed by atoms with Gasteiger partial charge in [-0.1, -0.05) is 0 Å². The van der Waals surface area contributed by atoms with Crippen LogP contribution in [0.15, 0.2) is 24.3 Å². The first-order chi connectivity index (χ1) is 11.6. The van der Waals surface area contributed by atoms with E-state index in [1.54, 1.807) is 7.11 Å². The molecular weight excluding hydrogens is 310 g/mol. The maximum atomic E-state index is 12.3. The van der Waals surface area contributed by atoms with E-state index in [-0.39, 0.29) is 12.3 Å². The molecule has 0 aromatic heterocycles. The molecule has 1 fully saturated rings. The molecule has 6 heteroatoms. The van der Waals surface area contributed by atoms with Crippen LogP contribution in [0, 0.1) is 5.92 Å². The van der Waals surface area contributed by atoms with Gasteiger partial charge in [-0.25, -0.2) is 0 Å². The molecule has 1 unspecified atom stereocenters. The van der Waals surface area contributed by atoms with Gasteiger partial charge in [0, 0.05) is 19.5 Å². The fourth-order valence-electron chi connectivity index (χ4n) is 2.94. The zero-order valence-corrected chi connectivity index (χ0v) is 14.1. The summed E-state index contributed by atoms with van der Waals surface area (Å²) in [5, 5.41) is 8.77. The number of methoxy groups -OCH3 is 1. The fraction of sp³-hybridized carbons (Fsp3) is 0.556. The molecule has 0 radical (unpaired) electrons. The number of piperidine rings is 1. The highest BCUT2D eigenvalue weighted by Gasteiger charge is 2.23. The first-order valence-corrected chi connectivity index (χ1v) is 8.35. The lowest BCUT2D eigenvalue weighted by Gasteiger charge is -2.32. The average molecular weight is 335 g/mol. The van der Waals surface area contributed by atoms with Gasteiger partial charge < -0.3 is 19.5 Å². The standard InChI is InChI=1S/C18H25NO5/c1-23-15-5-7-16(8-6-15)24-12-10-17(20)19-11-2-3-14(13-19)4-9-18(21)22/h5-8,14H,2-4,9-13H2,1H3,(H,21,22). The summed E-state index contributed by atoms with van der Waals surface area (Å²) in [5.74, 6) is 1.07. The van der Waals surface area contributed by atoms with E-state index < -0.39 is 5.97 Å². The molecule has 0 bridgehead atoms. The van der Waals surface area contributed by atoms with Crippen molar-refractivity contribution < 1.29 is 24.2 Å². The highest BCUT2D eigenvalue weighted by Crippen LogP contribution is 2.22. The number of nitrogens with zero attached hydrogens (tertiary/aromatic N) is 1. The molecular formula is C18H25NO5. The van der Waals surface area contributed by atoms with Crippen molar-refractivity contribution in [3.05, 3.63) is 24.3 Å². The number of rotatable bonds is 8. The number of aliphatic carboxylic acids is 1. The zero-order valence-electron chi connectivity index (χ0n) is 14.1. The minimum Gasteiger partial charge on any atom is -0.497 e. The largest absolute Gasteiger partial charge is 0.497 e. The molecule has 1 aliphatic rings. The van der Waals surface area contributed by atoms with E-state index >= 15 is 0 Å². The molecule has 2 rings (SSSR count). The number of benzene rings is 1. The Kier molecular flexibility index (Phi) is 6.90. The molecule has 1 aromatic rings. The van der Waals surface area contributed by atoms with Crippen LogP contribution >= 0.6 is 0 Å². The monoisotopic (exact) mass is 335 g/mol. The third kappa shape index (κ3) is 5.76. The Morgan fingerprint density at radius 1 is 1.21 bits per heavy atom. The molecule has 1 aromatic carbocycles. The summed E-state index contributed by atoms with van der Waals surface area (Å²) in [6.45, 7) is 1.75. The van der Waals surface area contributed by atoms with Crippen molar-refractivity contribution in [2.24, 2.45) is 5.92 Å². The molecule has 0 saturated carbocycles. The average Bonchev–Trinajstić information content (AvgIpc) is 2.60. The van der Waals surface area contributed by atoms with Crippen LogP contribution in [0.4, 0.5) is 0 Å². The summed E-state index contributed by atoms with van der Waals surface area (Å²) in [4.78, 5) is 24.8.